The molecule has 0 spiro atoms. The molecule has 0 atom stereocenters. The van der Waals surface area contributed by atoms with Crippen molar-refractivity contribution in [2.45, 2.75) is 32.7 Å². The van der Waals surface area contributed by atoms with E-state index in [1.807, 2.05) is 0 Å². The summed E-state index contributed by atoms with van der Waals surface area (Å²) in [5, 5.41) is 0. The Labute approximate surface area is 63.7 Å². The quantitative estimate of drug-likeness (QED) is 0.554. The van der Waals surface area contributed by atoms with Crippen molar-refractivity contribution in [1.29, 1.82) is 0 Å². The fraction of sp³-hybridized carbons (Fsp3) is 0.750. The molecule has 0 aromatic carbocycles. The zero-order valence-corrected chi connectivity index (χ0v) is 10.6. The van der Waals surface area contributed by atoms with Crippen molar-refractivity contribution in [2.75, 3.05) is 0 Å². The van der Waals surface area contributed by atoms with Crippen LogP contribution in [0.5, 0.6) is 0 Å². The number of hydrogen-bond donors (Lipinski definition) is 0. The van der Waals surface area contributed by atoms with E-state index in [9.17, 15) is 0 Å². The Morgan fingerprint density at radius 1 is 1.11 bits per heavy atom. The molecule has 0 radical (unpaired) electrons. The number of rotatable bonds is 3. The maximum absolute atomic E-state index is 5.49. The van der Waals surface area contributed by atoms with Gasteiger partial charge in [-0.15, -0.1) is 0 Å². The van der Waals surface area contributed by atoms with Crippen LogP contribution in [-0.4, -0.2) is 21.2 Å². The van der Waals surface area contributed by atoms with Gasteiger partial charge in [0.15, 0.2) is 0 Å². The van der Waals surface area contributed by atoms with Crippen molar-refractivity contribution in [2.24, 2.45) is 0 Å². The summed E-state index contributed by atoms with van der Waals surface area (Å²) in [6.07, 6.45) is 5.49. The molecular weight excluding hydrogens is 303 g/mol. The van der Waals surface area contributed by atoms with Gasteiger partial charge in [-0.1, -0.05) is 0 Å². The molecule has 0 rings (SSSR count). The molecule has 0 unspecified atom stereocenters. The van der Waals surface area contributed by atoms with Gasteiger partial charge in [0.2, 0.25) is 0 Å². The van der Waals surface area contributed by atoms with Crippen LogP contribution in [0.3, 0.4) is 0 Å². The average Bonchev–Trinajstić information content (AvgIpc) is 1.95. The van der Waals surface area contributed by atoms with Gasteiger partial charge in [-0.25, -0.2) is 0 Å². The van der Waals surface area contributed by atoms with Crippen LogP contribution in [0, 0.1) is 9.90 Å². The molecule has 0 amide bonds. The van der Waals surface area contributed by atoms with Gasteiger partial charge in [0.1, 0.15) is 0 Å². The third kappa shape index (κ3) is 2.29. The molecule has 0 aliphatic rings. The predicted molar refractivity (Wildman–Crippen MR) is 46.0 cm³/mol. The van der Waals surface area contributed by atoms with E-state index in [1.165, 1.54) is 11.9 Å². The molecule has 0 bridgehead atoms. The topological polar surface area (TPSA) is 0 Å². The standard InChI is InChI=1S/3C2H5.C2H.Pb/c4*1-2;/h3*1H2,2H3;1H;. The summed E-state index contributed by atoms with van der Waals surface area (Å²) in [5.41, 5.74) is 0. The van der Waals surface area contributed by atoms with Gasteiger partial charge in [-0.3, -0.25) is 0 Å². The van der Waals surface area contributed by atoms with E-state index < -0.39 is 21.2 Å². The van der Waals surface area contributed by atoms with Crippen LogP contribution in [0.25, 0.3) is 0 Å². The van der Waals surface area contributed by atoms with Gasteiger partial charge in [-0.05, 0) is 0 Å². The first-order valence-corrected chi connectivity index (χ1v) is 13.9. The summed E-state index contributed by atoms with van der Waals surface area (Å²) in [4.78, 5) is 0. The number of terminal acetylenes is 1. The van der Waals surface area contributed by atoms with Crippen LogP contribution in [0.4, 0.5) is 0 Å². The first-order chi connectivity index (χ1) is 4.24. The van der Waals surface area contributed by atoms with Gasteiger partial charge >= 0.3 is 63.8 Å². The predicted octanol–water partition coefficient (Wildman–Crippen LogP) is 2.67. The second-order valence-electron chi connectivity index (χ2n) is 2.49. The minimum atomic E-state index is -1.98. The van der Waals surface area contributed by atoms with Crippen molar-refractivity contribution in [1.82, 2.24) is 0 Å². The van der Waals surface area contributed by atoms with Gasteiger partial charge in [0.05, 0.1) is 0 Å². The Kier molecular flexibility index (Phi) is 4.55. The number of hydrogen-bond acceptors (Lipinski definition) is 0. The van der Waals surface area contributed by atoms with Crippen molar-refractivity contribution in [3.63, 3.8) is 0 Å². The molecule has 0 aromatic heterocycles. The first-order valence-electron chi connectivity index (χ1n) is 3.72. The van der Waals surface area contributed by atoms with E-state index >= 15 is 0 Å². The average molecular weight is 319 g/mol. The summed E-state index contributed by atoms with van der Waals surface area (Å²) in [5.74, 6) is 0. The molecule has 0 aromatic rings. The molecule has 0 aliphatic carbocycles. The van der Waals surface area contributed by atoms with Crippen LogP contribution in [0.1, 0.15) is 20.8 Å². The Bertz CT molecular complexity index is 98.0. The fourth-order valence-corrected chi connectivity index (χ4v) is 9.27. The summed E-state index contributed by atoms with van der Waals surface area (Å²) in [6.45, 7) is 6.78. The van der Waals surface area contributed by atoms with Gasteiger partial charge < -0.3 is 0 Å². The second-order valence-corrected chi connectivity index (χ2v) is 21.8. The van der Waals surface area contributed by atoms with Crippen molar-refractivity contribution in [3.8, 4) is 9.90 Å². The summed E-state index contributed by atoms with van der Waals surface area (Å²) < 4.78 is 7.08. The molecule has 0 nitrogen and oxygen atoms in total. The van der Waals surface area contributed by atoms with E-state index in [4.69, 9.17) is 6.42 Å². The molecular formula is C8H16Pb. The molecule has 0 heterocycles. The van der Waals surface area contributed by atoms with E-state index in [1.54, 1.807) is 0 Å². The Morgan fingerprint density at radius 3 is 1.44 bits per heavy atom. The van der Waals surface area contributed by atoms with Crippen molar-refractivity contribution < 1.29 is 0 Å². The Morgan fingerprint density at radius 2 is 1.44 bits per heavy atom. The molecule has 0 fully saturated rings. The Balaban J connectivity index is 4.04. The molecule has 1 heteroatoms. The third-order valence-corrected chi connectivity index (χ3v) is 20.5. The van der Waals surface area contributed by atoms with E-state index in [0.717, 1.165) is 0 Å². The zero-order valence-electron chi connectivity index (χ0n) is 6.70. The summed E-state index contributed by atoms with van der Waals surface area (Å²) in [6, 6.07) is 0. The van der Waals surface area contributed by atoms with Gasteiger partial charge in [0, 0.05) is 0 Å². The van der Waals surface area contributed by atoms with E-state index in [0.29, 0.717) is 0 Å². The van der Waals surface area contributed by atoms with Gasteiger partial charge in [0.25, 0.3) is 0 Å². The second kappa shape index (κ2) is 4.32. The monoisotopic (exact) mass is 320 g/mol. The molecule has 0 saturated heterocycles. The van der Waals surface area contributed by atoms with Crippen LogP contribution in [0.15, 0.2) is 0 Å². The maximum atomic E-state index is 5.49. The molecule has 0 N–H and O–H groups in total. The van der Waals surface area contributed by atoms with Crippen molar-refractivity contribution in [3.05, 3.63) is 0 Å². The zero-order chi connectivity index (χ0) is 7.33. The molecule has 9 heavy (non-hydrogen) atoms. The summed E-state index contributed by atoms with van der Waals surface area (Å²) in [7, 11) is 0. The molecule has 52 valence electrons. The fourth-order valence-electron chi connectivity index (χ4n) is 1.06. The van der Waals surface area contributed by atoms with E-state index in [-0.39, 0.29) is 0 Å². The molecule has 0 aliphatic heterocycles. The van der Waals surface area contributed by atoms with Crippen molar-refractivity contribution >= 4 is 21.2 Å². The first kappa shape index (κ1) is 9.48. The minimum absolute atomic E-state index is 1.33. The Hall–Kier alpha value is 0.482. The summed E-state index contributed by atoms with van der Waals surface area (Å²) >= 11 is -1.98. The van der Waals surface area contributed by atoms with Crippen LogP contribution < -0.4 is 0 Å². The SMILES string of the molecule is C#[C][Pb]([CH2]C)([CH2]C)[CH2]C. The van der Waals surface area contributed by atoms with E-state index in [2.05, 4.69) is 24.3 Å². The third-order valence-electron chi connectivity index (χ3n) is 2.34. The van der Waals surface area contributed by atoms with Crippen LogP contribution in [0.2, 0.25) is 11.9 Å². The molecule has 0 saturated carbocycles. The van der Waals surface area contributed by atoms with Crippen LogP contribution >= 0.6 is 0 Å². The van der Waals surface area contributed by atoms with Gasteiger partial charge in [-0.2, -0.15) is 0 Å². The normalized spacial score (nSPS) is 10.9. The van der Waals surface area contributed by atoms with Crippen LogP contribution in [-0.2, 0) is 0 Å².